The van der Waals surface area contributed by atoms with Crippen molar-refractivity contribution in [2.75, 3.05) is 14.2 Å². The van der Waals surface area contributed by atoms with E-state index in [4.69, 9.17) is 18.6 Å². The van der Waals surface area contributed by atoms with Gasteiger partial charge >= 0.3 is 5.91 Å². The Morgan fingerprint density at radius 2 is 1.93 bits per heavy atom. The summed E-state index contributed by atoms with van der Waals surface area (Å²) >= 11 is 3.41. The number of hydrogen-bond acceptors (Lipinski definition) is 6. The van der Waals surface area contributed by atoms with Crippen LogP contribution >= 0.6 is 15.9 Å². The number of hydrazone groups is 1. The first-order chi connectivity index (χ1) is 13.9. The van der Waals surface area contributed by atoms with Crippen LogP contribution in [-0.2, 0) is 0 Å². The van der Waals surface area contributed by atoms with E-state index in [-0.39, 0.29) is 11.9 Å². The van der Waals surface area contributed by atoms with Crippen molar-refractivity contribution >= 4 is 39.0 Å². The van der Waals surface area contributed by atoms with Crippen LogP contribution in [0.3, 0.4) is 0 Å². The lowest BCUT2D eigenvalue weighted by Gasteiger charge is -2.15. The Morgan fingerprint density at radius 1 is 1.17 bits per heavy atom. The van der Waals surface area contributed by atoms with Crippen LogP contribution in [0.4, 0.5) is 0 Å². The van der Waals surface area contributed by atoms with Gasteiger partial charge in [-0.1, -0.05) is 22.0 Å². The highest BCUT2D eigenvalue weighted by Crippen LogP contribution is 2.33. The number of amides is 1. The van der Waals surface area contributed by atoms with Crippen molar-refractivity contribution in [2.24, 2.45) is 5.10 Å². The van der Waals surface area contributed by atoms with E-state index < -0.39 is 5.91 Å². The van der Waals surface area contributed by atoms with Crippen molar-refractivity contribution in [1.82, 2.24) is 5.43 Å². The number of ether oxygens (including phenoxy) is 3. The number of rotatable bonds is 7. The van der Waals surface area contributed by atoms with Crippen LogP contribution in [0, 0.1) is 0 Å². The number of hydrogen-bond donors (Lipinski definition) is 1. The summed E-state index contributed by atoms with van der Waals surface area (Å²) in [4.78, 5) is 12.4. The summed E-state index contributed by atoms with van der Waals surface area (Å²) < 4.78 is 22.9. The van der Waals surface area contributed by atoms with Gasteiger partial charge in [0.2, 0.25) is 0 Å². The van der Waals surface area contributed by atoms with Gasteiger partial charge in [-0.15, -0.1) is 0 Å². The average molecular weight is 461 g/mol. The van der Waals surface area contributed by atoms with Crippen LogP contribution in [-0.4, -0.2) is 32.4 Å². The number of carbonyl (C=O) groups excluding carboxylic acids is 1. The Morgan fingerprint density at radius 3 is 2.62 bits per heavy atom. The number of nitrogens with zero attached hydrogens (tertiary/aromatic N) is 1. The molecule has 3 aromatic rings. The molecule has 0 saturated heterocycles. The molecule has 0 fully saturated rings. The lowest BCUT2D eigenvalue weighted by atomic mass is 10.2. The Bertz CT molecular complexity index is 1060. The third kappa shape index (κ3) is 4.71. The normalized spacial score (nSPS) is 11.2. The van der Waals surface area contributed by atoms with Gasteiger partial charge in [-0.25, -0.2) is 5.43 Å². The molecule has 0 saturated carbocycles. The van der Waals surface area contributed by atoms with Gasteiger partial charge in [-0.05, 0) is 44.2 Å². The first-order valence-electron chi connectivity index (χ1n) is 8.87. The van der Waals surface area contributed by atoms with Crippen molar-refractivity contribution in [3.8, 4) is 17.2 Å². The average Bonchev–Trinajstić information content (AvgIpc) is 3.12. The predicted molar refractivity (Wildman–Crippen MR) is 114 cm³/mol. The lowest BCUT2D eigenvalue weighted by molar-refractivity contribution is 0.0929. The molecule has 0 bridgehead atoms. The monoisotopic (exact) mass is 460 g/mol. The predicted octanol–water partition coefficient (Wildman–Crippen LogP) is 4.76. The molecule has 0 aliphatic carbocycles. The molecule has 2 aromatic carbocycles. The van der Waals surface area contributed by atoms with Gasteiger partial charge in [0.05, 0.1) is 26.5 Å². The second kappa shape index (κ2) is 9.00. The molecule has 0 radical (unpaired) electrons. The van der Waals surface area contributed by atoms with Gasteiger partial charge < -0.3 is 18.6 Å². The molecule has 3 rings (SSSR count). The number of fused-ring (bicyclic) bond motifs is 1. The fourth-order valence-electron chi connectivity index (χ4n) is 2.72. The molecule has 1 heterocycles. The van der Waals surface area contributed by atoms with Crippen LogP contribution in [0.15, 0.2) is 50.4 Å². The molecule has 0 aliphatic rings. The summed E-state index contributed by atoms with van der Waals surface area (Å²) in [6, 6.07) is 10.7. The van der Waals surface area contributed by atoms with Gasteiger partial charge in [-0.3, -0.25) is 4.79 Å². The molecule has 1 N–H and O–H groups in total. The molecule has 152 valence electrons. The van der Waals surface area contributed by atoms with E-state index in [2.05, 4.69) is 26.5 Å². The Labute approximate surface area is 176 Å². The van der Waals surface area contributed by atoms with Crippen molar-refractivity contribution < 1.29 is 23.4 Å². The standard InChI is InChI=1S/C21H21BrN2O5/c1-12(2)28-19-13(6-5-7-16(19)26-3)11-23-24-21(25)18-9-14-8-15(22)10-17(27-4)20(14)29-18/h5-12H,1-4H3,(H,24,25)/b23-11-. The molecule has 1 aromatic heterocycles. The van der Waals surface area contributed by atoms with E-state index in [0.29, 0.717) is 28.4 Å². The number of benzene rings is 2. The molecule has 0 atom stereocenters. The molecule has 0 spiro atoms. The lowest BCUT2D eigenvalue weighted by Crippen LogP contribution is -2.17. The van der Waals surface area contributed by atoms with Crippen LogP contribution in [0.25, 0.3) is 11.0 Å². The third-order valence-electron chi connectivity index (χ3n) is 3.94. The van der Waals surface area contributed by atoms with E-state index in [0.717, 1.165) is 9.86 Å². The maximum atomic E-state index is 12.4. The molecule has 7 nitrogen and oxygen atoms in total. The maximum absolute atomic E-state index is 12.4. The molecule has 0 unspecified atom stereocenters. The molecule has 1 amide bonds. The summed E-state index contributed by atoms with van der Waals surface area (Å²) in [5, 5.41) is 4.77. The molecule has 0 aliphatic heterocycles. The molecular weight excluding hydrogens is 440 g/mol. The molecule has 29 heavy (non-hydrogen) atoms. The summed E-state index contributed by atoms with van der Waals surface area (Å²) in [6.07, 6.45) is 1.45. The fraction of sp³-hybridized carbons (Fsp3) is 0.238. The highest BCUT2D eigenvalue weighted by Gasteiger charge is 2.16. The van der Waals surface area contributed by atoms with Crippen LogP contribution < -0.4 is 19.6 Å². The van der Waals surface area contributed by atoms with Crippen molar-refractivity contribution in [3.63, 3.8) is 0 Å². The third-order valence-corrected chi connectivity index (χ3v) is 4.40. The van der Waals surface area contributed by atoms with E-state index in [1.165, 1.54) is 6.21 Å². The number of furan rings is 1. The smallest absolute Gasteiger partial charge is 0.307 e. The number of methoxy groups -OCH3 is 2. The fourth-order valence-corrected chi connectivity index (χ4v) is 3.18. The summed E-state index contributed by atoms with van der Waals surface area (Å²) in [5.74, 6) is 1.32. The SMILES string of the molecule is COc1cccc(/C=N\NC(=O)c2cc3cc(Br)cc(OC)c3o2)c1OC(C)C. The minimum Gasteiger partial charge on any atom is -0.493 e. The molecule has 8 heteroatoms. The Balaban J connectivity index is 1.81. The first kappa shape index (κ1) is 20.7. The zero-order valence-electron chi connectivity index (χ0n) is 16.5. The van der Waals surface area contributed by atoms with Crippen LogP contribution in [0.5, 0.6) is 17.2 Å². The number of nitrogens with one attached hydrogen (secondary N) is 1. The summed E-state index contributed by atoms with van der Waals surface area (Å²) in [5.41, 5.74) is 3.63. The van der Waals surface area contributed by atoms with Gasteiger partial charge in [0, 0.05) is 15.4 Å². The number of para-hydroxylation sites is 1. The highest BCUT2D eigenvalue weighted by molar-refractivity contribution is 9.10. The minimum absolute atomic E-state index is 0.0436. The van der Waals surface area contributed by atoms with Crippen LogP contribution in [0.1, 0.15) is 30.0 Å². The Kier molecular flexibility index (Phi) is 6.43. The van der Waals surface area contributed by atoms with Crippen molar-refractivity contribution in [3.05, 3.63) is 52.2 Å². The topological polar surface area (TPSA) is 82.3 Å². The summed E-state index contributed by atoms with van der Waals surface area (Å²) in [6.45, 7) is 3.84. The maximum Gasteiger partial charge on any atom is 0.307 e. The minimum atomic E-state index is -0.482. The van der Waals surface area contributed by atoms with Gasteiger partial charge in [0.1, 0.15) is 0 Å². The van der Waals surface area contributed by atoms with Gasteiger partial charge in [0.15, 0.2) is 28.6 Å². The first-order valence-corrected chi connectivity index (χ1v) is 9.66. The zero-order valence-corrected chi connectivity index (χ0v) is 18.1. The summed E-state index contributed by atoms with van der Waals surface area (Å²) in [7, 11) is 3.11. The number of halogens is 1. The van der Waals surface area contributed by atoms with Crippen molar-refractivity contribution in [1.29, 1.82) is 0 Å². The van der Waals surface area contributed by atoms with Crippen LogP contribution in [0.2, 0.25) is 0 Å². The second-order valence-electron chi connectivity index (χ2n) is 6.38. The zero-order chi connectivity index (χ0) is 21.0. The van der Waals surface area contributed by atoms with E-state index in [1.54, 1.807) is 32.4 Å². The van der Waals surface area contributed by atoms with E-state index in [1.807, 2.05) is 32.0 Å². The van der Waals surface area contributed by atoms with Gasteiger partial charge in [-0.2, -0.15) is 5.10 Å². The quantitative estimate of drug-likeness (QED) is 0.405. The van der Waals surface area contributed by atoms with E-state index in [9.17, 15) is 4.79 Å². The Hall–Kier alpha value is -3.00. The van der Waals surface area contributed by atoms with E-state index >= 15 is 0 Å². The highest BCUT2D eigenvalue weighted by atomic mass is 79.9. The second-order valence-corrected chi connectivity index (χ2v) is 7.30. The number of carbonyl (C=O) groups is 1. The molecular formula is C21H21BrN2O5. The van der Waals surface area contributed by atoms with Gasteiger partial charge in [0.25, 0.3) is 0 Å². The van der Waals surface area contributed by atoms with Crippen molar-refractivity contribution in [2.45, 2.75) is 20.0 Å². The largest absolute Gasteiger partial charge is 0.493 e.